The van der Waals surface area contributed by atoms with E-state index in [-0.39, 0.29) is 3.92 Å². The third-order valence-electron chi connectivity index (χ3n) is 1.67. The van der Waals surface area contributed by atoms with E-state index >= 15 is 0 Å². The molecular formula is C6H4BrN3O6S. The van der Waals surface area contributed by atoms with Crippen molar-refractivity contribution in [3.63, 3.8) is 0 Å². The zero-order valence-corrected chi connectivity index (χ0v) is 10.6. The van der Waals surface area contributed by atoms with Crippen molar-refractivity contribution in [2.45, 2.75) is 6.04 Å². The minimum atomic E-state index is -2.00. The molecule has 11 heteroatoms. The van der Waals surface area contributed by atoms with E-state index in [9.17, 15) is 25.0 Å². The quantitative estimate of drug-likeness (QED) is 0.464. The Hall–Kier alpha value is -1.62. The zero-order chi connectivity index (χ0) is 13.2. The second-order valence-electron chi connectivity index (χ2n) is 2.63. The number of carbonyl (C=O) groups is 1. The van der Waals surface area contributed by atoms with Crippen LogP contribution in [0.25, 0.3) is 0 Å². The van der Waals surface area contributed by atoms with Gasteiger partial charge in [0.2, 0.25) is 5.69 Å². The molecule has 9 nitrogen and oxygen atoms in total. The fourth-order valence-electron chi connectivity index (χ4n) is 1.02. The van der Waals surface area contributed by atoms with Crippen LogP contribution in [0.15, 0.2) is 3.92 Å². The Labute approximate surface area is 106 Å². The Morgan fingerprint density at radius 3 is 2.53 bits per heavy atom. The average Bonchev–Trinajstić information content (AvgIpc) is 2.59. The normalized spacial score (nSPS) is 11.9. The molecule has 0 fully saturated rings. The standard InChI is InChI=1S/C6H4BrN3O6S/c1-16-5(11)3(9(12)13)2-4(10(14)15)17-6(7)8-2/h3H,1H3. The second kappa shape index (κ2) is 5.14. The molecule has 0 aliphatic rings. The summed E-state index contributed by atoms with van der Waals surface area (Å²) in [5.41, 5.74) is -0.538. The topological polar surface area (TPSA) is 125 Å². The molecule has 0 bridgehead atoms. The average molecular weight is 326 g/mol. The summed E-state index contributed by atoms with van der Waals surface area (Å²) in [7, 11) is 0.950. The summed E-state index contributed by atoms with van der Waals surface area (Å²) >= 11 is 3.46. The Kier molecular flexibility index (Phi) is 4.07. The number of ether oxygens (including phenoxy) is 1. The van der Waals surface area contributed by atoms with Gasteiger partial charge in [-0.15, -0.1) is 0 Å². The maximum atomic E-state index is 11.2. The van der Waals surface area contributed by atoms with Crippen LogP contribution in [0.2, 0.25) is 0 Å². The van der Waals surface area contributed by atoms with Gasteiger partial charge in [0.15, 0.2) is 3.92 Å². The van der Waals surface area contributed by atoms with Crippen molar-refractivity contribution in [3.8, 4) is 0 Å². The molecule has 0 saturated heterocycles. The lowest BCUT2D eigenvalue weighted by Gasteiger charge is -2.03. The van der Waals surface area contributed by atoms with E-state index in [1.54, 1.807) is 0 Å². The molecule has 92 valence electrons. The zero-order valence-electron chi connectivity index (χ0n) is 8.15. The number of thiazole rings is 1. The van der Waals surface area contributed by atoms with E-state index in [1.807, 2.05) is 0 Å². The highest BCUT2D eigenvalue weighted by atomic mass is 79.9. The summed E-state index contributed by atoms with van der Waals surface area (Å²) in [6, 6.07) is -2.00. The molecule has 1 heterocycles. The summed E-state index contributed by atoms with van der Waals surface area (Å²) in [5, 5.41) is 20.8. The highest BCUT2D eigenvalue weighted by Gasteiger charge is 2.42. The first-order valence-corrected chi connectivity index (χ1v) is 5.51. The maximum Gasteiger partial charge on any atom is 0.388 e. The van der Waals surface area contributed by atoms with Gasteiger partial charge in [0.1, 0.15) is 0 Å². The van der Waals surface area contributed by atoms with Crippen LogP contribution in [0.3, 0.4) is 0 Å². The van der Waals surface area contributed by atoms with Gasteiger partial charge in [0, 0.05) is 4.92 Å². The monoisotopic (exact) mass is 325 g/mol. The molecule has 1 unspecified atom stereocenters. The molecule has 1 rings (SSSR count). The van der Waals surface area contributed by atoms with Gasteiger partial charge in [0.25, 0.3) is 0 Å². The lowest BCUT2D eigenvalue weighted by atomic mass is 10.2. The molecule has 0 aliphatic carbocycles. The maximum absolute atomic E-state index is 11.2. The van der Waals surface area contributed by atoms with Crippen LogP contribution in [0, 0.1) is 20.2 Å². The molecule has 0 aliphatic heterocycles. The molecule has 0 amide bonds. The third-order valence-corrected chi connectivity index (χ3v) is 3.14. The fraction of sp³-hybridized carbons (Fsp3) is 0.333. The molecular weight excluding hydrogens is 322 g/mol. The molecule has 0 spiro atoms. The van der Waals surface area contributed by atoms with Gasteiger partial charge in [-0.2, -0.15) is 0 Å². The van der Waals surface area contributed by atoms with Gasteiger partial charge >= 0.3 is 17.0 Å². The lowest BCUT2D eigenvalue weighted by Crippen LogP contribution is -2.23. The Morgan fingerprint density at radius 2 is 2.12 bits per heavy atom. The van der Waals surface area contributed by atoms with E-state index in [4.69, 9.17) is 0 Å². The van der Waals surface area contributed by atoms with Gasteiger partial charge in [-0.25, -0.2) is 9.78 Å². The van der Waals surface area contributed by atoms with Gasteiger partial charge in [-0.3, -0.25) is 20.2 Å². The number of hydrogen-bond donors (Lipinski definition) is 0. The molecule has 0 aromatic carbocycles. The Balaban J connectivity index is 3.32. The van der Waals surface area contributed by atoms with E-state index in [2.05, 4.69) is 25.7 Å². The SMILES string of the molecule is COC(=O)C(c1nc(Br)sc1[N+](=O)[O-])[N+](=O)[O-]. The van der Waals surface area contributed by atoms with Gasteiger partial charge in [0.05, 0.1) is 12.0 Å². The molecule has 0 N–H and O–H groups in total. The molecule has 0 radical (unpaired) electrons. The van der Waals surface area contributed by atoms with Crippen LogP contribution in [-0.2, 0) is 9.53 Å². The first-order valence-electron chi connectivity index (χ1n) is 3.90. The van der Waals surface area contributed by atoms with Gasteiger partial charge < -0.3 is 4.74 Å². The fourth-order valence-corrected chi connectivity index (χ4v) is 2.31. The number of carbonyl (C=O) groups excluding carboxylic acids is 1. The summed E-state index contributed by atoms with van der Waals surface area (Å²) < 4.78 is 4.30. The van der Waals surface area contributed by atoms with Crippen molar-refractivity contribution >= 4 is 38.2 Å². The van der Waals surface area contributed by atoms with Crippen molar-refractivity contribution < 1.29 is 19.4 Å². The van der Waals surface area contributed by atoms with Crippen molar-refractivity contribution in [3.05, 3.63) is 29.8 Å². The van der Waals surface area contributed by atoms with E-state index in [1.165, 1.54) is 0 Å². The largest absolute Gasteiger partial charge is 0.464 e. The highest BCUT2D eigenvalue weighted by Crippen LogP contribution is 2.35. The van der Waals surface area contributed by atoms with Crippen molar-refractivity contribution in [2.75, 3.05) is 7.11 Å². The molecule has 0 saturated carbocycles. The molecule has 1 aromatic rings. The second-order valence-corrected chi connectivity index (χ2v) is 4.88. The first kappa shape index (κ1) is 13.4. The summed E-state index contributed by atoms with van der Waals surface area (Å²) in [4.78, 5) is 34.3. The minimum absolute atomic E-state index is 0.0787. The number of methoxy groups -OCH3 is 1. The van der Waals surface area contributed by atoms with Crippen molar-refractivity contribution in [1.29, 1.82) is 0 Å². The van der Waals surface area contributed by atoms with Crippen molar-refractivity contribution in [1.82, 2.24) is 4.98 Å². The number of hydrogen-bond acceptors (Lipinski definition) is 8. The van der Waals surface area contributed by atoms with Crippen LogP contribution in [0.4, 0.5) is 5.00 Å². The molecule has 1 atom stereocenters. The van der Waals surface area contributed by atoms with E-state index < -0.39 is 32.6 Å². The minimum Gasteiger partial charge on any atom is -0.464 e. The predicted octanol–water partition coefficient (Wildman–Crippen LogP) is 1.30. The molecule has 1 aromatic heterocycles. The number of aromatic nitrogens is 1. The number of rotatable bonds is 4. The summed E-state index contributed by atoms with van der Waals surface area (Å²) in [6.45, 7) is 0. The third kappa shape index (κ3) is 2.74. The van der Waals surface area contributed by atoms with Crippen LogP contribution in [0.1, 0.15) is 11.7 Å². The number of nitro groups is 2. The highest BCUT2D eigenvalue weighted by molar-refractivity contribution is 9.11. The smallest absolute Gasteiger partial charge is 0.388 e. The van der Waals surface area contributed by atoms with Gasteiger partial charge in [-0.05, 0) is 27.3 Å². The Bertz CT molecular complexity index is 488. The summed E-state index contributed by atoms with van der Waals surface area (Å²) in [6.07, 6.45) is 0. The van der Waals surface area contributed by atoms with Crippen LogP contribution >= 0.6 is 27.3 Å². The number of halogens is 1. The lowest BCUT2D eigenvalue weighted by molar-refractivity contribution is -0.518. The first-order chi connectivity index (χ1) is 7.88. The van der Waals surface area contributed by atoms with Crippen LogP contribution in [-0.4, -0.2) is 27.9 Å². The van der Waals surface area contributed by atoms with E-state index in [0.717, 1.165) is 7.11 Å². The van der Waals surface area contributed by atoms with Crippen molar-refractivity contribution in [2.24, 2.45) is 0 Å². The Morgan fingerprint density at radius 1 is 1.53 bits per heavy atom. The van der Waals surface area contributed by atoms with Gasteiger partial charge in [-0.1, -0.05) is 0 Å². The summed E-state index contributed by atoms with van der Waals surface area (Å²) in [5.74, 6) is -1.21. The predicted molar refractivity (Wildman–Crippen MR) is 58.2 cm³/mol. The number of esters is 1. The number of nitrogens with zero attached hydrogens (tertiary/aromatic N) is 3. The van der Waals surface area contributed by atoms with E-state index in [0.29, 0.717) is 11.3 Å². The van der Waals surface area contributed by atoms with Crippen LogP contribution < -0.4 is 0 Å². The molecule has 17 heavy (non-hydrogen) atoms. The van der Waals surface area contributed by atoms with Crippen LogP contribution in [0.5, 0.6) is 0 Å².